The van der Waals surface area contributed by atoms with Gasteiger partial charge < -0.3 is 19.7 Å². The fourth-order valence-electron chi connectivity index (χ4n) is 5.13. The van der Waals surface area contributed by atoms with Crippen LogP contribution in [-0.4, -0.2) is 48.9 Å². The Balaban J connectivity index is 1.33. The summed E-state index contributed by atoms with van der Waals surface area (Å²) in [5, 5.41) is 3.44. The van der Waals surface area contributed by atoms with Crippen molar-refractivity contribution in [3.63, 3.8) is 0 Å². The van der Waals surface area contributed by atoms with Crippen molar-refractivity contribution in [2.75, 3.05) is 36.4 Å². The van der Waals surface area contributed by atoms with Gasteiger partial charge in [0.2, 0.25) is 0 Å². The smallest absolute Gasteiger partial charge is 0.414 e. The molecule has 2 atom stereocenters. The lowest BCUT2D eigenvalue weighted by atomic mass is 9.96. The van der Waals surface area contributed by atoms with Crippen LogP contribution in [0.5, 0.6) is 0 Å². The molecule has 0 spiro atoms. The molecule has 33 heavy (non-hydrogen) atoms. The van der Waals surface area contributed by atoms with E-state index in [1.54, 1.807) is 4.90 Å². The van der Waals surface area contributed by atoms with Crippen LogP contribution in [0.1, 0.15) is 55.7 Å². The van der Waals surface area contributed by atoms with E-state index in [0.717, 1.165) is 23.4 Å². The van der Waals surface area contributed by atoms with E-state index in [9.17, 15) is 9.59 Å². The van der Waals surface area contributed by atoms with Crippen LogP contribution in [0.3, 0.4) is 0 Å². The molecule has 1 aliphatic carbocycles. The Bertz CT molecular complexity index is 1060. The number of benzene rings is 2. The van der Waals surface area contributed by atoms with Crippen molar-refractivity contribution in [3.05, 3.63) is 59.2 Å². The average Bonchev–Trinajstić information content (AvgIpc) is 3.04. The summed E-state index contributed by atoms with van der Waals surface area (Å²) in [5.41, 5.74) is 4.76. The zero-order chi connectivity index (χ0) is 23.2. The molecule has 2 amide bonds. The van der Waals surface area contributed by atoms with E-state index in [0.29, 0.717) is 26.2 Å². The summed E-state index contributed by atoms with van der Waals surface area (Å²) in [5.74, 6) is 0.530. The van der Waals surface area contributed by atoms with Gasteiger partial charge in [-0.15, -0.1) is 0 Å². The second-order valence-electron chi connectivity index (χ2n) is 10.1. The van der Waals surface area contributed by atoms with Crippen LogP contribution in [0.2, 0.25) is 0 Å². The molecule has 174 valence electrons. The number of ether oxygens (including phenoxy) is 2. The molecule has 1 N–H and O–H groups in total. The number of fused-ring (bicyclic) bond motifs is 6. The number of carbonyl (C=O) groups is 2. The lowest BCUT2D eigenvalue weighted by molar-refractivity contribution is 0.0580. The van der Waals surface area contributed by atoms with Crippen molar-refractivity contribution in [1.29, 1.82) is 0 Å². The fourth-order valence-corrected chi connectivity index (χ4v) is 5.13. The molecule has 2 bridgehead atoms. The molecule has 1 saturated heterocycles. The Morgan fingerprint density at radius 1 is 1.03 bits per heavy atom. The van der Waals surface area contributed by atoms with Gasteiger partial charge in [0.1, 0.15) is 12.2 Å². The van der Waals surface area contributed by atoms with Gasteiger partial charge >= 0.3 is 12.2 Å². The number of rotatable bonds is 2. The molecule has 1 fully saturated rings. The number of anilines is 2. The average molecular weight is 450 g/mol. The molecule has 2 aromatic carbocycles. The first-order valence-electron chi connectivity index (χ1n) is 11.7. The third kappa shape index (κ3) is 4.36. The first kappa shape index (κ1) is 21.6. The third-order valence-electron chi connectivity index (χ3n) is 6.55. The Morgan fingerprint density at radius 2 is 1.73 bits per heavy atom. The van der Waals surface area contributed by atoms with E-state index in [1.165, 1.54) is 11.1 Å². The summed E-state index contributed by atoms with van der Waals surface area (Å²) in [4.78, 5) is 29.2. The molecule has 0 aromatic heterocycles. The second kappa shape index (κ2) is 8.28. The summed E-state index contributed by atoms with van der Waals surface area (Å²) in [6.07, 6.45) is 0.435. The number of likely N-dealkylation sites (tertiary alicyclic amines) is 1. The zero-order valence-electron chi connectivity index (χ0n) is 19.5. The van der Waals surface area contributed by atoms with Gasteiger partial charge in [0.25, 0.3) is 0 Å². The van der Waals surface area contributed by atoms with Crippen LogP contribution >= 0.6 is 0 Å². The highest BCUT2D eigenvalue weighted by Gasteiger charge is 2.41. The third-order valence-corrected chi connectivity index (χ3v) is 6.55. The predicted molar refractivity (Wildman–Crippen MR) is 127 cm³/mol. The zero-order valence-corrected chi connectivity index (χ0v) is 19.5. The van der Waals surface area contributed by atoms with Crippen LogP contribution in [0.25, 0.3) is 0 Å². The molecular weight excluding hydrogens is 418 g/mol. The van der Waals surface area contributed by atoms with Crippen LogP contribution in [0.15, 0.2) is 42.5 Å². The summed E-state index contributed by atoms with van der Waals surface area (Å²) in [6, 6.07) is 14.0. The van der Waals surface area contributed by atoms with Crippen molar-refractivity contribution in [2.24, 2.45) is 0 Å². The number of carbonyl (C=O) groups excluding carboxylic acids is 2. The lowest BCUT2D eigenvalue weighted by Gasteiger charge is -2.33. The Labute approximate surface area is 194 Å². The second-order valence-corrected chi connectivity index (χ2v) is 10.1. The van der Waals surface area contributed by atoms with E-state index < -0.39 is 5.60 Å². The highest BCUT2D eigenvalue weighted by atomic mass is 16.6. The minimum absolute atomic E-state index is 0.246. The van der Waals surface area contributed by atoms with Gasteiger partial charge in [-0.2, -0.15) is 0 Å². The van der Waals surface area contributed by atoms with E-state index in [4.69, 9.17) is 9.47 Å². The fraction of sp³-hybridized carbons (Fsp3) is 0.462. The molecule has 0 radical (unpaired) electrons. The highest BCUT2D eigenvalue weighted by molar-refractivity contribution is 5.94. The van der Waals surface area contributed by atoms with E-state index in [-0.39, 0.29) is 30.6 Å². The molecule has 3 aliphatic rings. The van der Waals surface area contributed by atoms with Gasteiger partial charge in [-0.1, -0.05) is 30.3 Å². The normalized spacial score (nSPS) is 21.1. The highest BCUT2D eigenvalue weighted by Crippen LogP contribution is 2.49. The molecule has 0 unspecified atom stereocenters. The van der Waals surface area contributed by atoms with Gasteiger partial charge in [0, 0.05) is 38.0 Å². The van der Waals surface area contributed by atoms with Gasteiger partial charge in [0.15, 0.2) is 0 Å². The summed E-state index contributed by atoms with van der Waals surface area (Å²) in [6.45, 7) is 8.45. The topological polar surface area (TPSA) is 71.1 Å². The monoisotopic (exact) mass is 449 g/mol. The molecule has 2 aromatic rings. The van der Waals surface area contributed by atoms with Gasteiger partial charge in [-0.25, -0.2) is 9.59 Å². The minimum Gasteiger partial charge on any atom is -0.445 e. The number of nitrogens with zero attached hydrogens (tertiary/aromatic N) is 2. The van der Waals surface area contributed by atoms with Crippen molar-refractivity contribution in [1.82, 2.24) is 4.90 Å². The summed E-state index contributed by atoms with van der Waals surface area (Å²) >= 11 is 0. The summed E-state index contributed by atoms with van der Waals surface area (Å²) < 4.78 is 11.2. The number of hydrogen-bond donors (Lipinski definition) is 1. The van der Waals surface area contributed by atoms with Gasteiger partial charge in [0.05, 0.1) is 11.4 Å². The quantitative estimate of drug-likeness (QED) is 0.693. The van der Waals surface area contributed by atoms with E-state index in [1.807, 2.05) is 56.0 Å². The van der Waals surface area contributed by atoms with Crippen molar-refractivity contribution >= 4 is 23.6 Å². The first-order valence-corrected chi connectivity index (χ1v) is 11.7. The lowest BCUT2D eigenvalue weighted by Crippen LogP contribution is -2.42. The SMILES string of the molecule is CC(C)(C)OC(=O)N1CCNc2cc3c(cc21)[C@@H]1C[C@H]3CN(C(=O)OCc2ccccc2)C1. The van der Waals surface area contributed by atoms with Crippen molar-refractivity contribution in [3.8, 4) is 0 Å². The van der Waals surface area contributed by atoms with Crippen LogP contribution in [0.4, 0.5) is 21.0 Å². The molecule has 0 saturated carbocycles. The molecule has 7 nitrogen and oxygen atoms in total. The maximum Gasteiger partial charge on any atom is 0.414 e. The maximum absolute atomic E-state index is 12.8. The number of amides is 2. The standard InChI is InChI=1S/C26H31N3O4/c1-26(2,3)33-25(31)29-10-9-27-22-12-20-18-11-19(21(20)13-23(22)29)15-28(14-18)24(30)32-16-17-7-5-4-6-8-17/h4-8,12-13,18-19,27H,9-11,14-16H2,1-3H3/t18-,19+/m0/s1. The van der Waals surface area contributed by atoms with Crippen LogP contribution < -0.4 is 10.2 Å². The van der Waals surface area contributed by atoms with E-state index in [2.05, 4.69) is 17.4 Å². The number of piperidine rings is 1. The predicted octanol–water partition coefficient (Wildman–Crippen LogP) is 5.08. The Hall–Kier alpha value is -3.22. The van der Waals surface area contributed by atoms with Gasteiger partial charge in [-0.05, 0) is 56.0 Å². The number of hydrogen-bond acceptors (Lipinski definition) is 5. The van der Waals surface area contributed by atoms with Crippen molar-refractivity contribution in [2.45, 2.75) is 51.2 Å². The first-order chi connectivity index (χ1) is 15.8. The van der Waals surface area contributed by atoms with Gasteiger partial charge in [-0.3, -0.25) is 4.90 Å². The Morgan fingerprint density at radius 3 is 2.42 bits per heavy atom. The maximum atomic E-state index is 12.8. The largest absolute Gasteiger partial charge is 0.445 e. The molecule has 2 aliphatic heterocycles. The van der Waals surface area contributed by atoms with Crippen molar-refractivity contribution < 1.29 is 19.1 Å². The van der Waals surface area contributed by atoms with Crippen LogP contribution in [0, 0.1) is 0 Å². The summed E-state index contributed by atoms with van der Waals surface area (Å²) in [7, 11) is 0. The molecule has 7 heteroatoms. The molecule has 2 heterocycles. The number of nitrogens with one attached hydrogen (secondary N) is 1. The molecule has 5 rings (SSSR count). The van der Waals surface area contributed by atoms with Crippen LogP contribution in [-0.2, 0) is 16.1 Å². The Kier molecular flexibility index (Phi) is 5.43. The molecular formula is C26H31N3O4. The van der Waals surface area contributed by atoms with E-state index >= 15 is 0 Å². The minimum atomic E-state index is -0.546.